The lowest BCUT2D eigenvalue weighted by Crippen LogP contribution is -2.46. The molecule has 1 aliphatic carbocycles. The number of hydrogen-bond donors (Lipinski definition) is 2. The highest BCUT2D eigenvalue weighted by molar-refractivity contribution is 5.60. The van der Waals surface area contributed by atoms with Gasteiger partial charge in [0.1, 0.15) is 5.75 Å². The van der Waals surface area contributed by atoms with E-state index in [0.29, 0.717) is 12.3 Å². The van der Waals surface area contributed by atoms with Crippen LogP contribution >= 0.6 is 0 Å². The Morgan fingerprint density at radius 2 is 2.18 bits per heavy atom. The van der Waals surface area contributed by atoms with Crippen LogP contribution in [-0.2, 0) is 6.42 Å². The molecule has 1 aliphatic heterocycles. The Bertz CT molecular complexity index is 415. The third kappa shape index (κ3) is 1.78. The first kappa shape index (κ1) is 10.9. The normalized spacial score (nSPS) is 27.9. The smallest absolute Gasteiger partial charge is 0.124 e. The van der Waals surface area contributed by atoms with Crippen LogP contribution in [0.5, 0.6) is 5.75 Å². The maximum atomic E-state index is 10.3. The molecule has 3 heteroatoms. The van der Waals surface area contributed by atoms with Gasteiger partial charge in [0.2, 0.25) is 0 Å². The van der Waals surface area contributed by atoms with E-state index >= 15 is 0 Å². The lowest BCUT2D eigenvalue weighted by atomic mass is 9.75. The molecular formula is C14H19NO2. The SMILES string of the molecule is COc1cccc2c1CC(O)C(C1CCC1)N2. The second-order valence-electron chi connectivity index (χ2n) is 5.12. The molecule has 1 aromatic carbocycles. The summed E-state index contributed by atoms with van der Waals surface area (Å²) in [4.78, 5) is 0. The molecule has 2 N–H and O–H groups in total. The Balaban J connectivity index is 1.89. The standard InChI is InChI=1S/C14H19NO2/c1-17-13-7-3-6-11-10(13)8-12(16)14(15-11)9-4-2-5-9/h3,6-7,9,12,14-16H,2,4-5,8H2,1H3. The molecule has 1 aromatic rings. The molecular weight excluding hydrogens is 214 g/mol. The van der Waals surface area contributed by atoms with Crippen molar-refractivity contribution in [2.45, 2.75) is 37.8 Å². The quantitative estimate of drug-likeness (QED) is 0.822. The highest BCUT2D eigenvalue weighted by atomic mass is 16.5. The van der Waals surface area contributed by atoms with Crippen molar-refractivity contribution in [3.8, 4) is 5.75 Å². The van der Waals surface area contributed by atoms with Gasteiger partial charge in [0.15, 0.2) is 0 Å². The zero-order valence-corrected chi connectivity index (χ0v) is 10.1. The van der Waals surface area contributed by atoms with E-state index in [-0.39, 0.29) is 12.1 Å². The van der Waals surface area contributed by atoms with Gasteiger partial charge in [-0.25, -0.2) is 0 Å². The first-order chi connectivity index (χ1) is 8.29. The summed E-state index contributed by atoms with van der Waals surface area (Å²) >= 11 is 0. The van der Waals surface area contributed by atoms with E-state index in [1.165, 1.54) is 19.3 Å². The van der Waals surface area contributed by atoms with Crippen molar-refractivity contribution in [2.24, 2.45) is 5.92 Å². The van der Waals surface area contributed by atoms with Gasteiger partial charge in [-0.15, -0.1) is 0 Å². The topological polar surface area (TPSA) is 41.5 Å². The zero-order chi connectivity index (χ0) is 11.8. The van der Waals surface area contributed by atoms with Gasteiger partial charge in [-0.2, -0.15) is 0 Å². The molecule has 0 radical (unpaired) electrons. The fourth-order valence-electron chi connectivity index (χ4n) is 2.95. The van der Waals surface area contributed by atoms with Crippen LogP contribution in [0.15, 0.2) is 18.2 Å². The molecule has 0 amide bonds. The zero-order valence-electron chi connectivity index (χ0n) is 10.1. The second kappa shape index (κ2) is 4.22. The number of anilines is 1. The van der Waals surface area contributed by atoms with Crippen molar-refractivity contribution in [3.05, 3.63) is 23.8 Å². The maximum absolute atomic E-state index is 10.3. The number of aliphatic hydroxyl groups excluding tert-OH is 1. The van der Waals surface area contributed by atoms with Crippen molar-refractivity contribution in [1.82, 2.24) is 0 Å². The van der Waals surface area contributed by atoms with Gasteiger partial charge in [-0.05, 0) is 30.9 Å². The third-order valence-electron chi connectivity index (χ3n) is 4.16. The molecule has 92 valence electrons. The third-order valence-corrected chi connectivity index (χ3v) is 4.16. The minimum absolute atomic E-state index is 0.225. The Labute approximate surface area is 102 Å². The minimum atomic E-state index is -0.288. The van der Waals surface area contributed by atoms with Crippen LogP contribution in [0.2, 0.25) is 0 Å². The Morgan fingerprint density at radius 3 is 2.82 bits per heavy atom. The minimum Gasteiger partial charge on any atom is -0.496 e. The van der Waals surface area contributed by atoms with E-state index < -0.39 is 0 Å². The van der Waals surface area contributed by atoms with E-state index in [1.807, 2.05) is 12.1 Å². The highest BCUT2D eigenvalue weighted by Gasteiger charge is 2.36. The maximum Gasteiger partial charge on any atom is 0.124 e. The Hall–Kier alpha value is -1.22. The summed E-state index contributed by atoms with van der Waals surface area (Å²) in [7, 11) is 1.68. The Kier molecular flexibility index (Phi) is 2.71. The van der Waals surface area contributed by atoms with Gasteiger partial charge in [-0.1, -0.05) is 12.5 Å². The summed E-state index contributed by atoms with van der Waals surface area (Å²) in [5, 5.41) is 13.7. The molecule has 1 heterocycles. The number of methoxy groups -OCH3 is 1. The van der Waals surface area contributed by atoms with Crippen molar-refractivity contribution in [3.63, 3.8) is 0 Å². The summed E-state index contributed by atoms with van der Waals surface area (Å²) in [5.74, 6) is 1.52. The van der Waals surface area contributed by atoms with Gasteiger partial charge in [-0.3, -0.25) is 0 Å². The molecule has 3 rings (SSSR count). The van der Waals surface area contributed by atoms with Gasteiger partial charge >= 0.3 is 0 Å². The Morgan fingerprint density at radius 1 is 1.35 bits per heavy atom. The van der Waals surface area contributed by atoms with Crippen LogP contribution in [0.3, 0.4) is 0 Å². The molecule has 1 fully saturated rings. The largest absolute Gasteiger partial charge is 0.496 e. The number of ether oxygens (including phenoxy) is 1. The molecule has 3 nitrogen and oxygen atoms in total. The van der Waals surface area contributed by atoms with Crippen molar-refractivity contribution >= 4 is 5.69 Å². The van der Waals surface area contributed by atoms with E-state index in [0.717, 1.165) is 17.0 Å². The second-order valence-corrected chi connectivity index (χ2v) is 5.12. The van der Waals surface area contributed by atoms with Crippen LogP contribution in [0.1, 0.15) is 24.8 Å². The average Bonchev–Trinajstić information content (AvgIpc) is 2.27. The predicted octanol–water partition coefficient (Wildman–Crippen LogP) is 2.19. The fraction of sp³-hybridized carbons (Fsp3) is 0.571. The summed E-state index contributed by atoms with van der Waals surface area (Å²) in [6, 6.07) is 6.26. The van der Waals surface area contributed by atoms with Crippen LogP contribution in [0.4, 0.5) is 5.69 Å². The lowest BCUT2D eigenvalue weighted by molar-refractivity contribution is 0.0954. The van der Waals surface area contributed by atoms with E-state index in [2.05, 4.69) is 11.4 Å². The average molecular weight is 233 g/mol. The summed E-state index contributed by atoms with van der Waals surface area (Å²) in [6.45, 7) is 0. The summed E-state index contributed by atoms with van der Waals surface area (Å²) in [5.41, 5.74) is 2.24. The first-order valence-corrected chi connectivity index (χ1v) is 6.40. The van der Waals surface area contributed by atoms with Gasteiger partial charge in [0.25, 0.3) is 0 Å². The van der Waals surface area contributed by atoms with E-state index in [9.17, 15) is 5.11 Å². The number of benzene rings is 1. The van der Waals surface area contributed by atoms with Crippen molar-refractivity contribution < 1.29 is 9.84 Å². The number of rotatable bonds is 2. The lowest BCUT2D eigenvalue weighted by Gasteiger charge is -2.41. The van der Waals surface area contributed by atoms with Crippen LogP contribution in [0.25, 0.3) is 0 Å². The van der Waals surface area contributed by atoms with Crippen LogP contribution in [-0.4, -0.2) is 24.4 Å². The van der Waals surface area contributed by atoms with Crippen LogP contribution in [0, 0.1) is 5.92 Å². The van der Waals surface area contributed by atoms with E-state index in [4.69, 9.17) is 4.74 Å². The van der Waals surface area contributed by atoms with Crippen molar-refractivity contribution in [2.75, 3.05) is 12.4 Å². The molecule has 0 saturated heterocycles. The van der Waals surface area contributed by atoms with E-state index in [1.54, 1.807) is 7.11 Å². The molecule has 1 saturated carbocycles. The molecule has 2 atom stereocenters. The molecule has 2 aliphatic rings. The summed E-state index contributed by atoms with van der Waals surface area (Å²) < 4.78 is 5.35. The van der Waals surface area contributed by atoms with Crippen molar-refractivity contribution in [1.29, 1.82) is 0 Å². The number of aliphatic hydroxyl groups is 1. The fourth-order valence-corrected chi connectivity index (χ4v) is 2.95. The number of hydrogen-bond acceptors (Lipinski definition) is 3. The van der Waals surface area contributed by atoms with Gasteiger partial charge < -0.3 is 15.2 Å². The van der Waals surface area contributed by atoms with Gasteiger partial charge in [0.05, 0.1) is 19.3 Å². The first-order valence-electron chi connectivity index (χ1n) is 6.40. The molecule has 0 aromatic heterocycles. The van der Waals surface area contributed by atoms with Gasteiger partial charge in [0, 0.05) is 17.7 Å². The molecule has 2 unspecified atom stereocenters. The predicted molar refractivity (Wildman–Crippen MR) is 67.5 cm³/mol. The summed E-state index contributed by atoms with van der Waals surface area (Å²) in [6.07, 6.45) is 4.21. The monoisotopic (exact) mass is 233 g/mol. The molecule has 0 bridgehead atoms. The molecule has 17 heavy (non-hydrogen) atoms. The highest BCUT2D eigenvalue weighted by Crippen LogP contribution is 2.39. The molecule has 0 spiro atoms. The number of nitrogens with one attached hydrogen (secondary N) is 1. The van der Waals surface area contributed by atoms with Crippen LogP contribution < -0.4 is 10.1 Å². The number of fused-ring (bicyclic) bond motifs is 1.